The molecule has 0 amide bonds. The van der Waals surface area contributed by atoms with E-state index in [4.69, 9.17) is 0 Å². The molecule has 28 heavy (non-hydrogen) atoms. The van der Waals surface area contributed by atoms with Gasteiger partial charge < -0.3 is 0 Å². The minimum atomic E-state index is -6.88. The number of ether oxygens (including phenoxy) is 1. The number of hydrogen-bond donors (Lipinski definition) is 0. The van der Waals surface area contributed by atoms with Crippen molar-refractivity contribution in [3.63, 3.8) is 0 Å². The average Bonchev–Trinajstić information content (AvgIpc) is 2.31. The molecular formula is C10H7F14NO3. The summed E-state index contributed by atoms with van der Waals surface area (Å²) in [5.41, 5.74) is -4.32. The highest BCUT2D eigenvalue weighted by Gasteiger charge is 2.72. The second kappa shape index (κ2) is 7.43. The molecule has 0 bridgehead atoms. The lowest BCUT2D eigenvalue weighted by Crippen LogP contribution is -2.62. The number of carbonyl (C=O) groups excluding carboxylic acids is 1. The molecule has 0 aliphatic rings. The topological polar surface area (TPSA) is 38.8 Å². The molecule has 0 aromatic carbocycles. The summed E-state index contributed by atoms with van der Waals surface area (Å²) in [4.78, 5) is 11.8. The first kappa shape index (κ1) is 26.6. The quantitative estimate of drug-likeness (QED) is 0.219. The molecule has 0 rings (SSSR count). The van der Waals surface area contributed by atoms with Crippen LogP contribution in [-0.4, -0.2) is 53.5 Å². The Hall–Kier alpha value is -1.43. The van der Waals surface area contributed by atoms with Crippen molar-refractivity contribution in [3.05, 3.63) is 0 Å². The second-order valence-corrected chi connectivity index (χ2v) is 5.33. The summed E-state index contributed by atoms with van der Waals surface area (Å²) in [5, 5.41) is -3.27. The molecule has 0 spiro atoms. The van der Waals surface area contributed by atoms with E-state index in [1.165, 1.54) is 0 Å². The van der Waals surface area contributed by atoms with Crippen LogP contribution in [0.4, 0.5) is 61.6 Å². The van der Waals surface area contributed by atoms with Crippen molar-refractivity contribution in [3.8, 4) is 0 Å². The number of alkyl halides is 12. The van der Waals surface area contributed by atoms with Crippen LogP contribution in [0.15, 0.2) is 0 Å². The minimum Gasteiger partial charge on any atom is -0.251 e. The largest absolute Gasteiger partial charge is 0.453 e. The summed E-state index contributed by atoms with van der Waals surface area (Å²) in [5.74, 6) is -6.14. The SMILES string of the molecule is CC(C)(F)C(F)(F)C(F)(F)ON(F)C(C(F)(F)F)C(F)(F)OC(F)(F)C(=O)F. The van der Waals surface area contributed by atoms with Crippen LogP contribution in [0, 0.1) is 0 Å². The third-order valence-corrected chi connectivity index (χ3v) is 2.64. The summed E-state index contributed by atoms with van der Waals surface area (Å²) < 4.78 is 181. The highest BCUT2D eigenvalue weighted by atomic mass is 19.4. The maximum Gasteiger partial charge on any atom is 0.453 e. The highest BCUT2D eigenvalue weighted by Crippen LogP contribution is 2.48. The molecule has 0 aromatic heterocycles. The van der Waals surface area contributed by atoms with Crippen molar-refractivity contribution in [1.82, 2.24) is 5.29 Å². The number of halogens is 14. The minimum absolute atomic E-state index is 0.279. The monoisotopic (exact) mass is 455 g/mol. The fourth-order valence-electron chi connectivity index (χ4n) is 1.26. The van der Waals surface area contributed by atoms with Gasteiger partial charge in [-0.25, -0.2) is 9.13 Å². The molecule has 0 aliphatic carbocycles. The smallest absolute Gasteiger partial charge is 0.251 e. The Balaban J connectivity index is 5.98. The zero-order chi connectivity index (χ0) is 23.1. The van der Waals surface area contributed by atoms with Gasteiger partial charge in [0, 0.05) is 5.29 Å². The van der Waals surface area contributed by atoms with Gasteiger partial charge in [0.2, 0.25) is 0 Å². The van der Waals surface area contributed by atoms with Crippen LogP contribution in [0.25, 0.3) is 0 Å². The Labute approximate surface area is 144 Å². The van der Waals surface area contributed by atoms with Gasteiger partial charge in [-0.05, 0) is 13.8 Å². The van der Waals surface area contributed by atoms with Crippen molar-refractivity contribution in [2.75, 3.05) is 0 Å². The maximum absolute atomic E-state index is 13.2. The van der Waals surface area contributed by atoms with E-state index in [-0.39, 0.29) is 13.8 Å². The fraction of sp³-hybridized carbons (Fsp3) is 0.900. The highest BCUT2D eigenvalue weighted by molar-refractivity contribution is 5.74. The zero-order valence-electron chi connectivity index (χ0n) is 13.0. The first-order valence-corrected chi connectivity index (χ1v) is 6.21. The molecule has 18 heteroatoms. The summed E-state index contributed by atoms with van der Waals surface area (Å²) in [6.07, 6.45) is -26.6. The van der Waals surface area contributed by atoms with Crippen LogP contribution in [-0.2, 0) is 14.4 Å². The molecule has 168 valence electrons. The third kappa shape index (κ3) is 5.56. The van der Waals surface area contributed by atoms with Gasteiger partial charge in [-0.1, -0.05) is 0 Å². The van der Waals surface area contributed by atoms with Gasteiger partial charge in [0.25, 0.3) is 6.04 Å². The fourth-order valence-corrected chi connectivity index (χ4v) is 1.26. The van der Waals surface area contributed by atoms with Gasteiger partial charge in [-0.15, -0.1) is 4.48 Å². The Morgan fingerprint density at radius 3 is 1.54 bits per heavy atom. The van der Waals surface area contributed by atoms with Gasteiger partial charge in [0.15, 0.2) is 5.67 Å². The molecule has 0 heterocycles. The Morgan fingerprint density at radius 1 is 0.857 bits per heavy atom. The van der Waals surface area contributed by atoms with Crippen molar-refractivity contribution in [2.24, 2.45) is 0 Å². The normalized spacial score (nSPS) is 16.5. The first-order chi connectivity index (χ1) is 11.9. The van der Waals surface area contributed by atoms with Crippen molar-refractivity contribution < 1.29 is 75.9 Å². The summed E-state index contributed by atoms with van der Waals surface area (Å²) in [7, 11) is 0. The predicted molar refractivity (Wildman–Crippen MR) is 56.1 cm³/mol. The second-order valence-electron chi connectivity index (χ2n) is 5.33. The molecule has 0 aliphatic heterocycles. The van der Waals surface area contributed by atoms with E-state index in [9.17, 15) is 66.4 Å². The third-order valence-electron chi connectivity index (χ3n) is 2.64. The number of rotatable bonds is 9. The van der Waals surface area contributed by atoms with Gasteiger partial charge in [0.1, 0.15) is 0 Å². The molecule has 0 aromatic rings. The first-order valence-electron chi connectivity index (χ1n) is 6.21. The molecule has 1 atom stereocenters. The number of nitrogens with zero attached hydrogens (tertiary/aromatic N) is 1. The van der Waals surface area contributed by atoms with Crippen LogP contribution < -0.4 is 0 Å². The standard InChI is InChI=1S/C10H7F14NO3/c1-5(2,12)9(20,21)10(22,23)28-25(24)3(6(13,14)15)7(16,17)27-8(18,19)4(11)26/h3H,1-2H3. The van der Waals surface area contributed by atoms with Crippen LogP contribution in [0.3, 0.4) is 0 Å². The average molecular weight is 455 g/mol. The summed E-state index contributed by atoms with van der Waals surface area (Å²) in [6.45, 7) is -0.557. The molecule has 0 saturated heterocycles. The van der Waals surface area contributed by atoms with Gasteiger partial charge in [-0.2, -0.15) is 57.5 Å². The Morgan fingerprint density at radius 2 is 1.25 bits per heavy atom. The Kier molecular flexibility index (Phi) is 7.05. The van der Waals surface area contributed by atoms with E-state index in [1.807, 2.05) is 4.74 Å². The van der Waals surface area contributed by atoms with E-state index in [0.717, 1.165) is 0 Å². The van der Waals surface area contributed by atoms with Crippen molar-refractivity contribution >= 4 is 6.04 Å². The van der Waals surface area contributed by atoms with Crippen LogP contribution in [0.5, 0.6) is 0 Å². The van der Waals surface area contributed by atoms with Crippen molar-refractivity contribution in [1.29, 1.82) is 0 Å². The molecular weight excluding hydrogens is 448 g/mol. The molecule has 0 radical (unpaired) electrons. The summed E-state index contributed by atoms with van der Waals surface area (Å²) >= 11 is 0. The summed E-state index contributed by atoms with van der Waals surface area (Å²) in [6, 6.07) is -9.76. The lowest BCUT2D eigenvalue weighted by Gasteiger charge is -2.36. The van der Waals surface area contributed by atoms with Gasteiger partial charge in [0.05, 0.1) is 0 Å². The number of hydroxylamine groups is 1. The molecule has 0 saturated carbocycles. The predicted octanol–water partition coefficient (Wildman–Crippen LogP) is 4.71. The van der Waals surface area contributed by atoms with E-state index >= 15 is 0 Å². The van der Waals surface area contributed by atoms with Crippen LogP contribution >= 0.6 is 0 Å². The molecule has 0 fully saturated rings. The van der Waals surface area contributed by atoms with Gasteiger partial charge >= 0.3 is 36.5 Å². The van der Waals surface area contributed by atoms with E-state index in [0.29, 0.717) is 0 Å². The van der Waals surface area contributed by atoms with Gasteiger partial charge in [-0.3, -0.25) is 4.79 Å². The van der Waals surface area contributed by atoms with Crippen LogP contribution in [0.1, 0.15) is 13.8 Å². The number of hydrogen-bond acceptors (Lipinski definition) is 4. The number of carbonyl (C=O) groups is 1. The molecule has 4 nitrogen and oxygen atoms in total. The lowest BCUT2D eigenvalue weighted by atomic mass is 10.0. The zero-order valence-corrected chi connectivity index (χ0v) is 13.0. The van der Waals surface area contributed by atoms with Crippen LogP contribution in [0.2, 0.25) is 0 Å². The van der Waals surface area contributed by atoms with E-state index in [1.54, 1.807) is 0 Å². The lowest BCUT2D eigenvalue weighted by molar-refractivity contribution is -0.522. The molecule has 0 N–H and O–H groups in total. The van der Waals surface area contributed by atoms with E-state index < -0.39 is 53.5 Å². The maximum atomic E-state index is 13.2. The molecule has 1 unspecified atom stereocenters. The van der Waals surface area contributed by atoms with Crippen molar-refractivity contribution in [2.45, 2.75) is 56.0 Å². The Bertz CT molecular complexity index is 569. The van der Waals surface area contributed by atoms with E-state index in [2.05, 4.69) is 4.84 Å².